The van der Waals surface area contributed by atoms with E-state index in [-0.39, 0.29) is 11.8 Å². The Labute approximate surface area is 277 Å². The van der Waals surface area contributed by atoms with E-state index in [1.165, 1.54) is 32.7 Å². The zero-order valence-corrected chi connectivity index (χ0v) is 27.0. The van der Waals surface area contributed by atoms with Crippen LogP contribution in [0.15, 0.2) is 111 Å². The van der Waals surface area contributed by atoms with E-state index in [0.717, 1.165) is 45.4 Å². The van der Waals surface area contributed by atoms with Crippen molar-refractivity contribution in [2.45, 2.75) is 39.5 Å². The first kappa shape index (κ1) is 29.3. The first-order valence-corrected chi connectivity index (χ1v) is 15.9. The lowest BCUT2D eigenvalue weighted by Crippen LogP contribution is -2.15. The molecular formula is C38H32N10. The van der Waals surface area contributed by atoms with Crippen LogP contribution in [0.5, 0.6) is 0 Å². The second-order valence-electron chi connectivity index (χ2n) is 12.3. The molecule has 0 atom stereocenters. The van der Waals surface area contributed by atoms with E-state index < -0.39 is 0 Å². The lowest BCUT2D eigenvalue weighted by molar-refractivity contribution is 0.875. The first-order chi connectivity index (χ1) is 23.5. The van der Waals surface area contributed by atoms with Crippen LogP contribution in [0.2, 0.25) is 0 Å². The van der Waals surface area contributed by atoms with Crippen molar-refractivity contribution in [1.82, 2.24) is 39.9 Å². The van der Waals surface area contributed by atoms with E-state index in [2.05, 4.69) is 114 Å². The van der Waals surface area contributed by atoms with Crippen LogP contribution < -0.4 is 9.80 Å². The molecule has 8 aromatic rings. The van der Waals surface area contributed by atoms with Gasteiger partial charge < -0.3 is 0 Å². The number of benzene rings is 4. The number of anilines is 6. The van der Waals surface area contributed by atoms with Gasteiger partial charge in [0.1, 0.15) is 48.6 Å². The summed E-state index contributed by atoms with van der Waals surface area (Å²) >= 11 is 0. The van der Waals surface area contributed by atoms with Gasteiger partial charge in [0, 0.05) is 35.6 Å². The average Bonchev–Trinajstić information content (AvgIpc) is 3.13. The molecule has 8 rings (SSSR count). The largest absolute Gasteiger partial charge is 0.278 e. The molecule has 4 aromatic heterocycles. The van der Waals surface area contributed by atoms with Crippen molar-refractivity contribution in [2.24, 2.45) is 0 Å². The fraction of sp³-hybridized carbons (Fsp3) is 0.158. The van der Waals surface area contributed by atoms with Crippen molar-refractivity contribution in [3.63, 3.8) is 0 Å². The van der Waals surface area contributed by atoms with Gasteiger partial charge in [0.2, 0.25) is 0 Å². The molecule has 0 radical (unpaired) electrons. The van der Waals surface area contributed by atoms with Gasteiger partial charge in [0.25, 0.3) is 0 Å². The molecule has 0 bridgehead atoms. The summed E-state index contributed by atoms with van der Waals surface area (Å²) in [5, 5.41) is 6.99. The highest BCUT2D eigenvalue weighted by molar-refractivity contribution is 6.29. The van der Waals surface area contributed by atoms with Gasteiger partial charge in [-0.1, -0.05) is 52.0 Å². The minimum Gasteiger partial charge on any atom is -0.278 e. The van der Waals surface area contributed by atoms with Crippen molar-refractivity contribution in [2.75, 3.05) is 9.80 Å². The van der Waals surface area contributed by atoms with Crippen LogP contribution in [0.4, 0.5) is 34.6 Å². The molecule has 0 aliphatic rings. The molecule has 0 aliphatic heterocycles. The van der Waals surface area contributed by atoms with Crippen LogP contribution in [0, 0.1) is 0 Å². The van der Waals surface area contributed by atoms with Crippen LogP contribution >= 0.6 is 0 Å². The minimum atomic E-state index is 0.244. The molecular weight excluding hydrogens is 596 g/mol. The number of nitrogens with zero attached hydrogens (tertiary/aromatic N) is 10. The third kappa shape index (κ3) is 4.80. The SMILES string of the molecule is CC(C)c1cc(N(c2ccncn2)c2ccncn2)c2ccc3c(C(C)C)cc(N(c4ccncn4)c4ccncn4)c4ccc1c2c34. The van der Waals surface area contributed by atoms with Crippen LogP contribution in [-0.2, 0) is 0 Å². The van der Waals surface area contributed by atoms with Gasteiger partial charge in [-0.2, -0.15) is 0 Å². The molecule has 4 heterocycles. The zero-order valence-electron chi connectivity index (χ0n) is 27.0. The molecule has 0 amide bonds. The van der Waals surface area contributed by atoms with Crippen LogP contribution in [0.1, 0.15) is 50.7 Å². The summed E-state index contributed by atoms with van der Waals surface area (Å²) < 4.78 is 0. The van der Waals surface area contributed by atoms with Gasteiger partial charge in [-0.25, -0.2) is 39.9 Å². The highest BCUT2D eigenvalue weighted by Gasteiger charge is 2.26. The monoisotopic (exact) mass is 628 g/mol. The Balaban J connectivity index is 1.53. The van der Waals surface area contributed by atoms with Crippen molar-refractivity contribution in [3.05, 3.63) is 122 Å². The maximum atomic E-state index is 4.68. The highest BCUT2D eigenvalue weighted by atomic mass is 15.3. The van der Waals surface area contributed by atoms with E-state index in [9.17, 15) is 0 Å². The Bertz CT molecular complexity index is 2100. The van der Waals surface area contributed by atoms with Crippen LogP contribution in [0.25, 0.3) is 32.3 Å². The number of aromatic nitrogens is 8. The Morgan fingerprint density at radius 3 is 1.00 bits per heavy atom. The quantitative estimate of drug-likeness (QED) is 0.151. The van der Waals surface area contributed by atoms with E-state index in [1.807, 2.05) is 24.3 Å². The summed E-state index contributed by atoms with van der Waals surface area (Å²) in [4.78, 5) is 39.7. The van der Waals surface area contributed by atoms with Gasteiger partial charge in [-0.15, -0.1) is 0 Å². The van der Waals surface area contributed by atoms with Crippen LogP contribution in [-0.4, -0.2) is 39.9 Å². The van der Waals surface area contributed by atoms with Crippen molar-refractivity contribution in [1.29, 1.82) is 0 Å². The molecule has 4 aromatic carbocycles. The molecule has 0 spiro atoms. The Hall–Kier alpha value is -6.16. The maximum absolute atomic E-state index is 4.68. The third-order valence-electron chi connectivity index (χ3n) is 8.83. The maximum Gasteiger partial charge on any atom is 0.142 e. The molecule has 0 aliphatic carbocycles. The van der Waals surface area contributed by atoms with E-state index in [4.69, 9.17) is 0 Å². The summed E-state index contributed by atoms with van der Waals surface area (Å²) in [6.45, 7) is 8.97. The predicted molar refractivity (Wildman–Crippen MR) is 190 cm³/mol. The summed E-state index contributed by atoms with van der Waals surface area (Å²) in [7, 11) is 0. The summed E-state index contributed by atoms with van der Waals surface area (Å²) in [6.07, 6.45) is 13.3. The first-order valence-electron chi connectivity index (χ1n) is 15.9. The fourth-order valence-electron chi connectivity index (χ4n) is 6.73. The number of rotatable bonds is 8. The van der Waals surface area contributed by atoms with E-state index in [0.29, 0.717) is 0 Å². The van der Waals surface area contributed by atoms with Gasteiger partial charge >= 0.3 is 0 Å². The molecule has 48 heavy (non-hydrogen) atoms. The lowest BCUT2D eigenvalue weighted by Gasteiger charge is -2.29. The molecule has 0 saturated heterocycles. The smallest absolute Gasteiger partial charge is 0.142 e. The predicted octanol–water partition coefficient (Wildman–Crippen LogP) is 8.93. The molecule has 0 unspecified atom stereocenters. The van der Waals surface area contributed by atoms with Crippen LogP contribution in [0.3, 0.4) is 0 Å². The Kier molecular flexibility index (Phi) is 7.25. The Morgan fingerprint density at radius 1 is 0.417 bits per heavy atom. The number of hydrogen-bond donors (Lipinski definition) is 0. The molecule has 234 valence electrons. The van der Waals surface area contributed by atoms with Crippen molar-refractivity contribution < 1.29 is 0 Å². The summed E-state index contributed by atoms with van der Waals surface area (Å²) in [6, 6.07) is 21.2. The molecule has 10 nitrogen and oxygen atoms in total. The normalized spacial score (nSPS) is 11.7. The lowest BCUT2D eigenvalue weighted by atomic mass is 9.84. The minimum absolute atomic E-state index is 0.244. The topological polar surface area (TPSA) is 110 Å². The third-order valence-corrected chi connectivity index (χ3v) is 8.83. The van der Waals surface area contributed by atoms with Crippen molar-refractivity contribution in [3.8, 4) is 0 Å². The zero-order chi connectivity index (χ0) is 32.8. The second-order valence-corrected chi connectivity index (χ2v) is 12.3. The van der Waals surface area contributed by atoms with Crippen molar-refractivity contribution >= 4 is 67.0 Å². The molecule has 10 heteroatoms. The Morgan fingerprint density at radius 2 is 0.729 bits per heavy atom. The molecule has 0 saturated carbocycles. The number of hydrogen-bond acceptors (Lipinski definition) is 10. The van der Waals surface area contributed by atoms with E-state index >= 15 is 0 Å². The summed E-state index contributed by atoms with van der Waals surface area (Å²) in [5.41, 5.74) is 4.44. The highest BCUT2D eigenvalue weighted by Crippen LogP contribution is 2.50. The van der Waals surface area contributed by atoms with Gasteiger partial charge in [-0.05, 0) is 80.9 Å². The molecule has 0 N–H and O–H groups in total. The van der Waals surface area contributed by atoms with Gasteiger partial charge in [0.15, 0.2) is 0 Å². The second kappa shape index (κ2) is 11.9. The average molecular weight is 629 g/mol. The van der Waals surface area contributed by atoms with Gasteiger partial charge in [0.05, 0.1) is 11.4 Å². The van der Waals surface area contributed by atoms with Gasteiger partial charge in [-0.3, -0.25) is 9.80 Å². The standard InChI is InChI=1S/C38H32N10/c1-23(2)29-17-31(47(33-9-13-39-19-43-33)34-10-14-40-20-44-34)27-8-6-26-30(24(3)4)18-32(28-7-5-25(29)37(27)38(26)28)48(35-11-15-41-21-45-35)36-12-16-42-22-46-36/h5-24H,1-4H3. The molecule has 0 fully saturated rings. The summed E-state index contributed by atoms with van der Waals surface area (Å²) in [5.74, 6) is 3.36. The van der Waals surface area contributed by atoms with E-state index in [1.54, 1.807) is 50.1 Å². The fourth-order valence-corrected chi connectivity index (χ4v) is 6.73.